The van der Waals surface area contributed by atoms with Crippen molar-refractivity contribution in [3.05, 3.63) is 21.3 Å². The number of rotatable bonds is 3. The third-order valence-electron chi connectivity index (χ3n) is 1.41. The monoisotopic (exact) mass is 226 g/mol. The molecule has 0 aromatic carbocycles. The highest BCUT2D eigenvalue weighted by molar-refractivity contribution is 7.16. The molecule has 1 aromatic rings. The van der Waals surface area contributed by atoms with Gasteiger partial charge in [0.05, 0.1) is 16.3 Å². The lowest BCUT2D eigenvalue weighted by Gasteiger charge is -2.12. The van der Waals surface area contributed by atoms with E-state index in [4.69, 9.17) is 23.2 Å². The summed E-state index contributed by atoms with van der Waals surface area (Å²) in [7, 11) is 0. The number of hydrogen-bond acceptors (Lipinski definition) is 3. The van der Waals surface area contributed by atoms with Crippen molar-refractivity contribution in [2.24, 2.45) is 0 Å². The maximum absolute atomic E-state index is 9.42. The number of aliphatic hydroxyl groups is 2. The smallest absolute Gasteiger partial charge is 0.115 e. The normalized spacial score (nSPS) is 16.0. The molecule has 0 spiro atoms. The fourth-order valence-corrected chi connectivity index (χ4v) is 2.04. The van der Waals surface area contributed by atoms with Gasteiger partial charge in [0.1, 0.15) is 6.10 Å². The lowest BCUT2D eigenvalue weighted by Crippen LogP contribution is -2.18. The Morgan fingerprint density at radius 2 is 2.08 bits per heavy atom. The standard InChI is InChI=1S/C7H8Cl2O2S/c8-3-4(10)7(11)5-1-2-6(9)12-5/h1-2,4,7,10-11H,3H2. The first kappa shape index (κ1) is 10.3. The Morgan fingerprint density at radius 3 is 2.50 bits per heavy atom. The summed E-state index contributed by atoms with van der Waals surface area (Å²) in [6.45, 7) is 0. The fourth-order valence-electron chi connectivity index (χ4n) is 0.761. The zero-order valence-electron chi connectivity index (χ0n) is 6.08. The summed E-state index contributed by atoms with van der Waals surface area (Å²) in [5, 5.41) is 18.6. The van der Waals surface area contributed by atoms with Crippen LogP contribution in [0, 0.1) is 0 Å². The summed E-state index contributed by atoms with van der Waals surface area (Å²) in [5.74, 6) is 0.0106. The molecule has 5 heteroatoms. The molecule has 68 valence electrons. The highest BCUT2D eigenvalue weighted by atomic mass is 35.5. The number of alkyl halides is 1. The first-order valence-corrected chi connectivity index (χ1v) is 5.05. The summed E-state index contributed by atoms with van der Waals surface area (Å²) < 4.78 is 0.589. The van der Waals surface area contributed by atoms with Gasteiger partial charge in [0.2, 0.25) is 0 Å². The number of halogens is 2. The Morgan fingerprint density at radius 1 is 1.42 bits per heavy atom. The first-order valence-electron chi connectivity index (χ1n) is 3.32. The largest absolute Gasteiger partial charge is 0.389 e. The second kappa shape index (κ2) is 4.44. The minimum atomic E-state index is -0.931. The fraction of sp³-hybridized carbons (Fsp3) is 0.429. The number of hydrogen-bond donors (Lipinski definition) is 2. The predicted molar refractivity (Wildman–Crippen MR) is 51.0 cm³/mol. The third kappa shape index (κ3) is 2.34. The summed E-state index contributed by atoms with van der Waals surface area (Å²) in [6.07, 6.45) is -1.86. The van der Waals surface area contributed by atoms with Crippen LogP contribution in [0.4, 0.5) is 0 Å². The molecule has 0 aliphatic carbocycles. The van der Waals surface area contributed by atoms with Gasteiger partial charge in [-0.15, -0.1) is 22.9 Å². The minimum Gasteiger partial charge on any atom is -0.389 e. The van der Waals surface area contributed by atoms with Crippen molar-refractivity contribution >= 4 is 34.5 Å². The van der Waals surface area contributed by atoms with E-state index in [0.29, 0.717) is 9.21 Å². The highest BCUT2D eigenvalue weighted by Crippen LogP contribution is 2.28. The van der Waals surface area contributed by atoms with Gasteiger partial charge in [-0.2, -0.15) is 0 Å². The SMILES string of the molecule is OC(CCl)C(O)c1ccc(Cl)s1. The zero-order chi connectivity index (χ0) is 9.14. The summed E-state index contributed by atoms with van der Waals surface area (Å²) in [4.78, 5) is 0.633. The molecule has 1 rings (SSSR count). The van der Waals surface area contributed by atoms with Crippen molar-refractivity contribution in [2.45, 2.75) is 12.2 Å². The average Bonchev–Trinajstić information content (AvgIpc) is 2.49. The predicted octanol–water partition coefficient (Wildman–Crippen LogP) is 2.03. The lowest BCUT2D eigenvalue weighted by molar-refractivity contribution is 0.0350. The molecule has 2 nitrogen and oxygen atoms in total. The Bertz CT molecular complexity index is 251. The van der Waals surface area contributed by atoms with E-state index in [-0.39, 0.29) is 5.88 Å². The topological polar surface area (TPSA) is 40.5 Å². The molecule has 2 N–H and O–H groups in total. The minimum absolute atomic E-state index is 0.0106. The van der Waals surface area contributed by atoms with E-state index in [1.165, 1.54) is 11.3 Å². The van der Waals surface area contributed by atoms with Crippen LogP contribution in [0.5, 0.6) is 0 Å². The first-order chi connectivity index (χ1) is 5.65. The highest BCUT2D eigenvalue weighted by Gasteiger charge is 2.18. The lowest BCUT2D eigenvalue weighted by atomic mass is 10.2. The van der Waals surface area contributed by atoms with Gasteiger partial charge in [0.15, 0.2) is 0 Å². The van der Waals surface area contributed by atoms with Gasteiger partial charge in [-0.3, -0.25) is 0 Å². The molecular formula is C7H8Cl2O2S. The zero-order valence-corrected chi connectivity index (χ0v) is 8.40. The molecule has 0 saturated heterocycles. The van der Waals surface area contributed by atoms with Crippen molar-refractivity contribution in [1.82, 2.24) is 0 Å². The second-order valence-corrected chi connectivity index (χ2v) is 4.36. The summed E-state index contributed by atoms with van der Waals surface area (Å²) in [6, 6.07) is 3.35. The number of aliphatic hydroxyl groups excluding tert-OH is 2. The van der Waals surface area contributed by atoms with E-state index in [1.807, 2.05) is 0 Å². The van der Waals surface area contributed by atoms with E-state index in [0.717, 1.165) is 0 Å². The maximum atomic E-state index is 9.42. The van der Waals surface area contributed by atoms with E-state index in [2.05, 4.69) is 0 Å². The molecule has 12 heavy (non-hydrogen) atoms. The van der Waals surface area contributed by atoms with E-state index < -0.39 is 12.2 Å². The van der Waals surface area contributed by atoms with Crippen molar-refractivity contribution in [3.63, 3.8) is 0 Å². The third-order valence-corrected chi connectivity index (χ3v) is 3.03. The molecular weight excluding hydrogens is 219 g/mol. The summed E-state index contributed by atoms with van der Waals surface area (Å²) in [5.41, 5.74) is 0. The van der Waals surface area contributed by atoms with Crippen LogP contribution in [0.2, 0.25) is 4.34 Å². The summed E-state index contributed by atoms with van der Waals surface area (Å²) >= 11 is 12.2. The average molecular weight is 227 g/mol. The van der Waals surface area contributed by atoms with Gasteiger partial charge in [-0.05, 0) is 12.1 Å². The number of thiophene rings is 1. The quantitative estimate of drug-likeness (QED) is 0.775. The Hall–Kier alpha value is 0.200. The van der Waals surface area contributed by atoms with Gasteiger partial charge in [-0.25, -0.2) is 0 Å². The van der Waals surface area contributed by atoms with Crippen LogP contribution in [-0.4, -0.2) is 22.2 Å². The van der Waals surface area contributed by atoms with Gasteiger partial charge < -0.3 is 10.2 Å². The van der Waals surface area contributed by atoms with E-state index in [9.17, 15) is 10.2 Å². The molecule has 0 aliphatic rings. The molecule has 1 aromatic heterocycles. The molecule has 0 aliphatic heterocycles. The van der Waals surface area contributed by atoms with Crippen molar-refractivity contribution in [1.29, 1.82) is 0 Å². The maximum Gasteiger partial charge on any atom is 0.115 e. The van der Waals surface area contributed by atoms with Crippen LogP contribution in [0.15, 0.2) is 12.1 Å². The Balaban J connectivity index is 2.70. The molecule has 0 amide bonds. The van der Waals surface area contributed by atoms with Gasteiger partial charge in [0.25, 0.3) is 0 Å². The van der Waals surface area contributed by atoms with Crippen molar-refractivity contribution < 1.29 is 10.2 Å². The molecule has 2 atom stereocenters. The van der Waals surface area contributed by atoms with E-state index in [1.54, 1.807) is 12.1 Å². The Labute approximate surface area is 84.4 Å². The van der Waals surface area contributed by atoms with Gasteiger partial charge >= 0.3 is 0 Å². The molecule has 1 heterocycles. The molecule has 0 radical (unpaired) electrons. The molecule has 0 bridgehead atoms. The van der Waals surface area contributed by atoms with Crippen LogP contribution in [-0.2, 0) is 0 Å². The molecule has 2 unspecified atom stereocenters. The van der Waals surface area contributed by atoms with Crippen LogP contribution in [0.25, 0.3) is 0 Å². The van der Waals surface area contributed by atoms with Crippen molar-refractivity contribution in [2.75, 3.05) is 5.88 Å². The Kier molecular flexibility index (Phi) is 3.80. The van der Waals surface area contributed by atoms with Gasteiger partial charge in [0, 0.05) is 4.88 Å². The van der Waals surface area contributed by atoms with Crippen LogP contribution < -0.4 is 0 Å². The van der Waals surface area contributed by atoms with Crippen LogP contribution in [0.3, 0.4) is 0 Å². The molecule has 0 fully saturated rings. The molecule has 0 saturated carbocycles. The van der Waals surface area contributed by atoms with Crippen LogP contribution in [0.1, 0.15) is 11.0 Å². The van der Waals surface area contributed by atoms with Crippen LogP contribution >= 0.6 is 34.5 Å². The van der Waals surface area contributed by atoms with Crippen molar-refractivity contribution in [3.8, 4) is 0 Å². The second-order valence-electron chi connectivity index (χ2n) is 2.31. The van der Waals surface area contributed by atoms with E-state index >= 15 is 0 Å². The van der Waals surface area contributed by atoms with Gasteiger partial charge in [-0.1, -0.05) is 11.6 Å².